The van der Waals surface area contributed by atoms with Gasteiger partial charge in [-0.3, -0.25) is 0 Å². The van der Waals surface area contributed by atoms with Crippen molar-refractivity contribution in [3.8, 4) is 0 Å². The van der Waals surface area contributed by atoms with Crippen LogP contribution in [0.2, 0.25) is 0 Å². The van der Waals surface area contributed by atoms with Crippen LogP contribution in [-0.4, -0.2) is 19.1 Å². The van der Waals surface area contributed by atoms with Crippen molar-refractivity contribution >= 4 is 11.6 Å². The van der Waals surface area contributed by atoms with E-state index in [1.54, 1.807) is 0 Å². The average Bonchev–Trinajstić information content (AvgIpc) is 2.07. The van der Waals surface area contributed by atoms with Gasteiger partial charge in [0.25, 0.3) is 0 Å². The molecule has 0 aromatic heterocycles. The molecule has 0 aromatic carbocycles. The predicted octanol–water partition coefficient (Wildman–Crippen LogP) is 3.60. The largest absolute Gasteiger partial charge is 0.381 e. The summed E-state index contributed by atoms with van der Waals surface area (Å²) in [5.74, 6) is 1.78. The summed E-state index contributed by atoms with van der Waals surface area (Å²) >= 11 is 5.57. The molecular weight excluding hydrogens is 184 g/mol. The molecular formula is C11H21ClO. The summed E-state index contributed by atoms with van der Waals surface area (Å²) in [6, 6.07) is 0. The van der Waals surface area contributed by atoms with Gasteiger partial charge in [0.1, 0.15) is 0 Å². The molecule has 1 nitrogen and oxygen atoms in total. The third-order valence-electron chi connectivity index (χ3n) is 2.82. The van der Waals surface area contributed by atoms with Gasteiger partial charge in [0.2, 0.25) is 0 Å². The van der Waals surface area contributed by atoms with Crippen molar-refractivity contribution in [2.75, 3.05) is 19.1 Å². The molecule has 78 valence electrons. The van der Waals surface area contributed by atoms with Crippen LogP contribution >= 0.6 is 11.6 Å². The SMILES string of the molecule is ClCCCCCOCCC1CCC1. The van der Waals surface area contributed by atoms with Crippen molar-refractivity contribution < 1.29 is 4.74 Å². The molecule has 0 aliphatic heterocycles. The van der Waals surface area contributed by atoms with Crippen LogP contribution in [0.4, 0.5) is 0 Å². The highest BCUT2D eigenvalue weighted by Crippen LogP contribution is 2.29. The van der Waals surface area contributed by atoms with Gasteiger partial charge in [-0.05, 0) is 31.6 Å². The molecule has 1 saturated carbocycles. The van der Waals surface area contributed by atoms with Gasteiger partial charge >= 0.3 is 0 Å². The van der Waals surface area contributed by atoms with Crippen molar-refractivity contribution in [3.05, 3.63) is 0 Å². The Kier molecular flexibility index (Phi) is 6.65. The average molecular weight is 205 g/mol. The van der Waals surface area contributed by atoms with E-state index in [4.69, 9.17) is 16.3 Å². The van der Waals surface area contributed by atoms with Gasteiger partial charge in [0, 0.05) is 19.1 Å². The molecule has 0 amide bonds. The lowest BCUT2D eigenvalue weighted by molar-refractivity contribution is 0.104. The predicted molar refractivity (Wildman–Crippen MR) is 57.3 cm³/mol. The Hall–Kier alpha value is 0.250. The lowest BCUT2D eigenvalue weighted by Gasteiger charge is -2.24. The molecule has 2 heteroatoms. The summed E-state index contributed by atoms with van der Waals surface area (Å²) in [7, 11) is 0. The van der Waals surface area contributed by atoms with Crippen LogP contribution in [-0.2, 0) is 4.74 Å². The smallest absolute Gasteiger partial charge is 0.0468 e. The number of unbranched alkanes of at least 4 members (excludes halogenated alkanes) is 2. The zero-order valence-electron chi connectivity index (χ0n) is 8.43. The molecule has 0 N–H and O–H groups in total. The summed E-state index contributed by atoms with van der Waals surface area (Å²) in [5.41, 5.74) is 0. The number of hydrogen-bond acceptors (Lipinski definition) is 1. The van der Waals surface area contributed by atoms with Gasteiger partial charge in [-0.15, -0.1) is 11.6 Å². The first-order valence-electron chi connectivity index (χ1n) is 5.57. The molecule has 1 fully saturated rings. The topological polar surface area (TPSA) is 9.23 Å². The van der Waals surface area contributed by atoms with E-state index in [1.807, 2.05) is 0 Å². The van der Waals surface area contributed by atoms with Crippen molar-refractivity contribution in [2.45, 2.75) is 44.9 Å². The third-order valence-corrected chi connectivity index (χ3v) is 3.08. The van der Waals surface area contributed by atoms with Gasteiger partial charge in [-0.25, -0.2) is 0 Å². The van der Waals surface area contributed by atoms with Crippen LogP contribution in [0.5, 0.6) is 0 Å². The summed E-state index contributed by atoms with van der Waals surface area (Å²) in [6.07, 6.45) is 9.14. The van der Waals surface area contributed by atoms with E-state index in [9.17, 15) is 0 Å². The summed E-state index contributed by atoms with van der Waals surface area (Å²) in [5, 5.41) is 0. The van der Waals surface area contributed by atoms with Crippen LogP contribution in [0.15, 0.2) is 0 Å². The third kappa shape index (κ3) is 5.53. The lowest BCUT2D eigenvalue weighted by atomic mass is 9.83. The molecule has 0 atom stereocenters. The standard InChI is InChI=1S/C11H21ClO/c12-8-2-1-3-9-13-10-7-11-5-4-6-11/h11H,1-10H2. The minimum absolute atomic E-state index is 0.794. The molecule has 0 radical (unpaired) electrons. The lowest BCUT2D eigenvalue weighted by Crippen LogP contribution is -2.13. The minimum atomic E-state index is 0.794. The number of ether oxygens (including phenoxy) is 1. The fourth-order valence-electron chi connectivity index (χ4n) is 1.61. The maximum Gasteiger partial charge on any atom is 0.0468 e. The molecule has 1 aliphatic rings. The highest BCUT2D eigenvalue weighted by atomic mass is 35.5. The number of halogens is 1. The first kappa shape index (κ1) is 11.3. The normalized spacial score (nSPS) is 17.3. The number of hydrogen-bond donors (Lipinski definition) is 0. The maximum absolute atomic E-state index is 5.57. The zero-order valence-corrected chi connectivity index (χ0v) is 9.19. The first-order valence-corrected chi connectivity index (χ1v) is 6.10. The summed E-state index contributed by atoms with van der Waals surface area (Å²) in [6.45, 7) is 1.91. The monoisotopic (exact) mass is 204 g/mol. The maximum atomic E-state index is 5.57. The molecule has 0 saturated heterocycles. The Morgan fingerprint density at radius 2 is 1.92 bits per heavy atom. The molecule has 0 unspecified atom stereocenters. The first-order chi connectivity index (χ1) is 6.43. The van der Waals surface area contributed by atoms with Gasteiger partial charge in [0.15, 0.2) is 0 Å². The molecule has 0 spiro atoms. The van der Waals surface area contributed by atoms with Gasteiger partial charge < -0.3 is 4.74 Å². The van der Waals surface area contributed by atoms with Crippen LogP contribution in [0.3, 0.4) is 0 Å². The van der Waals surface area contributed by atoms with Crippen LogP contribution in [0, 0.1) is 5.92 Å². The van der Waals surface area contributed by atoms with Gasteiger partial charge in [-0.1, -0.05) is 19.3 Å². The Morgan fingerprint density at radius 3 is 2.54 bits per heavy atom. The Labute approximate surface area is 86.8 Å². The minimum Gasteiger partial charge on any atom is -0.381 e. The highest BCUT2D eigenvalue weighted by Gasteiger charge is 2.16. The van der Waals surface area contributed by atoms with E-state index in [1.165, 1.54) is 38.5 Å². The van der Waals surface area contributed by atoms with Crippen molar-refractivity contribution in [1.82, 2.24) is 0 Å². The molecule has 1 rings (SSSR count). The van der Waals surface area contributed by atoms with Crippen LogP contribution < -0.4 is 0 Å². The molecule has 1 aliphatic carbocycles. The molecule has 0 aromatic rings. The quantitative estimate of drug-likeness (QED) is 0.434. The van der Waals surface area contributed by atoms with Crippen molar-refractivity contribution in [2.24, 2.45) is 5.92 Å². The fourth-order valence-corrected chi connectivity index (χ4v) is 1.80. The Balaban J connectivity index is 1.68. The van der Waals surface area contributed by atoms with Gasteiger partial charge in [-0.2, -0.15) is 0 Å². The Morgan fingerprint density at radius 1 is 1.08 bits per heavy atom. The van der Waals surface area contributed by atoms with Gasteiger partial charge in [0.05, 0.1) is 0 Å². The van der Waals surface area contributed by atoms with E-state index < -0.39 is 0 Å². The molecule has 13 heavy (non-hydrogen) atoms. The van der Waals surface area contributed by atoms with E-state index in [-0.39, 0.29) is 0 Å². The van der Waals surface area contributed by atoms with E-state index in [0.717, 1.165) is 31.4 Å². The van der Waals surface area contributed by atoms with Crippen molar-refractivity contribution in [3.63, 3.8) is 0 Å². The number of rotatable bonds is 8. The second-order valence-electron chi connectivity index (χ2n) is 3.95. The molecule has 0 bridgehead atoms. The second kappa shape index (κ2) is 7.64. The van der Waals surface area contributed by atoms with Crippen LogP contribution in [0.1, 0.15) is 44.9 Å². The van der Waals surface area contributed by atoms with E-state index >= 15 is 0 Å². The Bertz CT molecular complexity index is 113. The van der Waals surface area contributed by atoms with E-state index in [0.29, 0.717) is 0 Å². The van der Waals surface area contributed by atoms with E-state index in [2.05, 4.69) is 0 Å². The highest BCUT2D eigenvalue weighted by molar-refractivity contribution is 6.17. The van der Waals surface area contributed by atoms with Crippen LogP contribution in [0.25, 0.3) is 0 Å². The zero-order chi connectivity index (χ0) is 9.36. The molecule has 0 heterocycles. The van der Waals surface area contributed by atoms with Crippen molar-refractivity contribution in [1.29, 1.82) is 0 Å². The second-order valence-corrected chi connectivity index (χ2v) is 4.33. The summed E-state index contributed by atoms with van der Waals surface area (Å²) in [4.78, 5) is 0. The summed E-state index contributed by atoms with van der Waals surface area (Å²) < 4.78 is 5.54. The number of alkyl halides is 1. The fraction of sp³-hybridized carbons (Fsp3) is 1.00.